The number of aromatic nitrogens is 1. The third-order valence-electron chi connectivity index (χ3n) is 4.69. The second-order valence-electron chi connectivity index (χ2n) is 6.50. The van der Waals surface area contributed by atoms with Gasteiger partial charge in [0.1, 0.15) is 5.01 Å². The van der Waals surface area contributed by atoms with Crippen LogP contribution in [-0.2, 0) is 11.3 Å². The van der Waals surface area contributed by atoms with Crippen molar-refractivity contribution in [2.75, 3.05) is 13.7 Å². The van der Waals surface area contributed by atoms with Crippen LogP contribution in [0.5, 0.6) is 0 Å². The lowest BCUT2D eigenvalue weighted by Gasteiger charge is -2.54. The molecule has 1 aliphatic carbocycles. The van der Waals surface area contributed by atoms with Crippen molar-refractivity contribution in [3.63, 3.8) is 0 Å². The van der Waals surface area contributed by atoms with Gasteiger partial charge >= 0.3 is 0 Å². The smallest absolute Gasteiger partial charge is 0.191 e. The number of rotatable bonds is 3. The fourth-order valence-electron chi connectivity index (χ4n) is 3.60. The minimum absolute atomic E-state index is 0. The number of hydrogen-bond donors (Lipinski definition) is 2. The van der Waals surface area contributed by atoms with E-state index in [1.54, 1.807) is 11.3 Å². The van der Waals surface area contributed by atoms with E-state index in [9.17, 15) is 0 Å². The van der Waals surface area contributed by atoms with Gasteiger partial charge in [0.05, 0.1) is 12.6 Å². The zero-order valence-corrected chi connectivity index (χ0v) is 16.7. The Bertz CT molecular complexity index is 545. The van der Waals surface area contributed by atoms with E-state index in [4.69, 9.17) is 4.74 Å². The lowest BCUT2D eigenvalue weighted by Crippen LogP contribution is -2.67. The molecule has 22 heavy (non-hydrogen) atoms. The molecule has 1 saturated carbocycles. The zero-order chi connectivity index (χ0) is 15.0. The maximum Gasteiger partial charge on any atom is 0.191 e. The van der Waals surface area contributed by atoms with E-state index in [1.807, 2.05) is 14.0 Å². The molecule has 1 saturated heterocycles. The van der Waals surface area contributed by atoms with Crippen LogP contribution < -0.4 is 10.6 Å². The topological polar surface area (TPSA) is 58.5 Å². The van der Waals surface area contributed by atoms with Crippen molar-refractivity contribution in [3.8, 4) is 0 Å². The number of nitrogens with zero attached hydrogens (tertiary/aromatic N) is 2. The Kier molecular flexibility index (Phi) is 5.71. The first-order valence-corrected chi connectivity index (χ1v) is 8.40. The van der Waals surface area contributed by atoms with Crippen LogP contribution in [0, 0.1) is 18.3 Å². The highest BCUT2D eigenvalue weighted by atomic mass is 127. The summed E-state index contributed by atoms with van der Waals surface area (Å²) in [6.45, 7) is 8.17. The SMILES string of the molecule is CN=C(NCc1nc(C)cs1)NC1C2CCOC2C1(C)C.I. The molecule has 3 unspecified atom stereocenters. The summed E-state index contributed by atoms with van der Waals surface area (Å²) in [6.07, 6.45) is 1.55. The fraction of sp³-hybridized carbons (Fsp3) is 0.733. The van der Waals surface area contributed by atoms with Crippen LogP contribution in [0.2, 0.25) is 0 Å². The molecule has 0 bridgehead atoms. The molecule has 2 fully saturated rings. The maximum absolute atomic E-state index is 5.84. The first-order chi connectivity index (χ1) is 10.0. The van der Waals surface area contributed by atoms with Gasteiger partial charge in [0.15, 0.2) is 5.96 Å². The van der Waals surface area contributed by atoms with Crippen molar-refractivity contribution in [2.24, 2.45) is 16.3 Å². The average Bonchev–Trinajstić information content (AvgIpc) is 3.06. The van der Waals surface area contributed by atoms with Crippen LogP contribution in [0.3, 0.4) is 0 Å². The number of thiazole rings is 1. The lowest BCUT2D eigenvalue weighted by molar-refractivity contribution is -0.106. The number of nitrogens with one attached hydrogen (secondary N) is 2. The molecule has 0 amide bonds. The molecule has 5 nitrogen and oxygen atoms in total. The molecule has 1 aliphatic heterocycles. The van der Waals surface area contributed by atoms with E-state index >= 15 is 0 Å². The molecule has 1 aromatic rings. The Labute approximate surface area is 153 Å². The fourth-order valence-corrected chi connectivity index (χ4v) is 4.31. The van der Waals surface area contributed by atoms with Gasteiger partial charge in [-0.15, -0.1) is 35.3 Å². The Morgan fingerprint density at radius 3 is 2.95 bits per heavy atom. The largest absolute Gasteiger partial charge is 0.377 e. The molecular formula is C15H25IN4OS. The van der Waals surface area contributed by atoms with Gasteiger partial charge < -0.3 is 15.4 Å². The number of ether oxygens (including phenoxy) is 1. The van der Waals surface area contributed by atoms with Gasteiger partial charge in [-0.2, -0.15) is 0 Å². The average molecular weight is 436 g/mol. The van der Waals surface area contributed by atoms with Crippen LogP contribution in [0.4, 0.5) is 0 Å². The molecule has 7 heteroatoms. The van der Waals surface area contributed by atoms with Gasteiger partial charge in [-0.05, 0) is 13.3 Å². The molecule has 0 radical (unpaired) electrons. The Morgan fingerprint density at radius 1 is 1.55 bits per heavy atom. The second-order valence-corrected chi connectivity index (χ2v) is 7.44. The van der Waals surface area contributed by atoms with Crippen LogP contribution in [0.15, 0.2) is 10.4 Å². The summed E-state index contributed by atoms with van der Waals surface area (Å²) in [5, 5.41) is 10.1. The Balaban J connectivity index is 0.00000176. The van der Waals surface area contributed by atoms with Crippen LogP contribution >= 0.6 is 35.3 Å². The maximum atomic E-state index is 5.84. The van der Waals surface area contributed by atoms with Crippen molar-refractivity contribution < 1.29 is 4.74 Å². The van der Waals surface area contributed by atoms with Crippen molar-refractivity contribution in [3.05, 3.63) is 16.1 Å². The van der Waals surface area contributed by atoms with Crippen molar-refractivity contribution >= 4 is 41.3 Å². The standard InChI is InChI=1S/C15H24N4OS.HI/c1-9-8-21-11(18-9)7-17-14(16-4)19-12-10-5-6-20-13(10)15(12,2)3;/h8,10,12-13H,5-7H2,1-4H3,(H2,16,17,19);1H. The van der Waals surface area contributed by atoms with Gasteiger partial charge in [0.2, 0.25) is 0 Å². The van der Waals surface area contributed by atoms with E-state index in [2.05, 4.69) is 39.8 Å². The summed E-state index contributed by atoms with van der Waals surface area (Å²) in [7, 11) is 1.82. The molecule has 3 rings (SSSR count). The van der Waals surface area contributed by atoms with E-state index < -0.39 is 0 Å². The number of halogens is 1. The Hall–Kier alpha value is -0.410. The summed E-state index contributed by atoms with van der Waals surface area (Å²) in [6, 6.07) is 0.425. The van der Waals surface area contributed by atoms with Crippen molar-refractivity contribution in [1.29, 1.82) is 0 Å². The Morgan fingerprint density at radius 2 is 2.32 bits per heavy atom. The summed E-state index contributed by atoms with van der Waals surface area (Å²) < 4.78 is 5.84. The first-order valence-electron chi connectivity index (χ1n) is 7.52. The van der Waals surface area contributed by atoms with Gasteiger partial charge in [0, 0.05) is 42.1 Å². The minimum atomic E-state index is 0. The number of fused-ring (bicyclic) bond motifs is 1. The van der Waals surface area contributed by atoms with Crippen molar-refractivity contribution in [1.82, 2.24) is 15.6 Å². The summed E-state index contributed by atoms with van der Waals surface area (Å²) >= 11 is 1.68. The lowest BCUT2D eigenvalue weighted by atomic mass is 9.57. The molecule has 124 valence electrons. The quantitative estimate of drug-likeness (QED) is 0.435. The predicted octanol–water partition coefficient (Wildman–Crippen LogP) is 2.55. The zero-order valence-electron chi connectivity index (χ0n) is 13.5. The number of hydrogen-bond acceptors (Lipinski definition) is 4. The third-order valence-corrected chi connectivity index (χ3v) is 5.66. The van der Waals surface area contributed by atoms with Crippen LogP contribution in [-0.4, -0.2) is 36.7 Å². The van der Waals surface area contributed by atoms with Crippen LogP contribution in [0.1, 0.15) is 31.0 Å². The van der Waals surface area contributed by atoms with Gasteiger partial charge in [-0.3, -0.25) is 4.99 Å². The summed E-state index contributed by atoms with van der Waals surface area (Å²) in [5.74, 6) is 1.46. The normalized spacial score (nSPS) is 29.3. The van der Waals surface area contributed by atoms with Crippen molar-refractivity contribution in [2.45, 2.75) is 45.9 Å². The molecule has 2 heterocycles. The van der Waals surface area contributed by atoms with Gasteiger partial charge in [-0.1, -0.05) is 13.8 Å². The first kappa shape index (κ1) is 17.9. The number of aryl methyl sites for hydroxylation is 1. The molecule has 1 aromatic heterocycles. The van der Waals surface area contributed by atoms with E-state index in [1.165, 1.54) is 0 Å². The number of aliphatic imine (C=N–C) groups is 1. The molecular weight excluding hydrogens is 411 g/mol. The number of guanidine groups is 1. The van der Waals surface area contributed by atoms with E-state index in [-0.39, 0.29) is 29.4 Å². The third kappa shape index (κ3) is 3.26. The monoisotopic (exact) mass is 436 g/mol. The van der Waals surface area contributed by atoms with Crippen LogP contribution in [0.25, 0.3) is 0 Å². The molecule has 2 aliphatic rings. The molecule has 0 aromatic carbocycles. The van der Waals surface area contributed by atoms with Gasteiger partial charge in [0.25, 0.3) is 0 Å². The van der Waals surface area contributed by atoms with E-state index in [0.29, 0.717) is 18.1 Å². The summed E-state index contributed by atoms with van der Waals surface area (Å²) in [5.41, 5.74) is 1.24. The van der Waals surface area contributed by atoms with Gasteiger partial charge in [-0.25, -0.2) is 4.98 Å². The molecule has 0 spiro atoms. The highest BCUT2D eigenvalue weighted by molar-refractivity contribution is 14.0. The highest BCUT2D eigenvalue weighted by Gasteiger charge is 2.59. The highest BCUT2D eigenvalue weighted by Crippen LogP contribution is 2.52. The summed E-state index contributed by atoms with van der Waals surface area (Å²) in [4.78, 5) is 8.81. The van der Waals surface area contributed by atoms with E-state index in [0.717, 1.165) is 36.2 Å². The molecule has 3 atom stereocenters. The predicted molar refractivity (Wildman–Crippen MR) is 101 cm³/mol. The minimum Gasteiger partial charge on any atom is -0.377 e. The molecule has 2 N–H and O–H groups in total. The second kappa shape index (κ2) is 7.00.